The quantitative estimate of drug-likeness (QED) is 0.485. The minimum Gasteiger partial charge on any atom is -0.497 e. The summed E-state index contributed by atoms with van der Waals surface area (Å²) >= 11 is 0. The van der Waals surface area contributed by atoms with Gasteiger partial charge in [0, 0.05) is 17.4 Å². The number of nitrogens with one attached hydrogen (secondary N) is 1. The van der Waals surface area contributed by atoms with Crippen LogP contribution >= 0.6 is 0 Å². The highest BCUT2D eigenvalue weighted by molar-refractivity contribution is 6.08. The fourth-order valence-corrected chi connectivity index (χ4v) is 3.32. The molecule has 1 heterocycles. The molecule has 0 saturated carbocycles. The van der Waals surface area contributed by atoms with Crippen LogP contribution in [0.25, 0.3) is 16.9 Å². The van der Waals surface area contributed by atoms with Gasteiger partial charge in [0.1, 0.15) is 17.2 Å². The molecule has 0 radical (unpaired) electrons. The van der Waals surface area contributed by atoms with Crippen molar-refractivity contribution >= 4 is 11.6 Å². The summed E-state index contributed by atoms with van der Waals surface area (Å²) in [5.41, 5.74) is 3.20. The van der Waals surface area contributed by atoms with E-state index in [1.54, 1.807) is 67.6 Å². The molecule has 0 spiro atoms. The van der Waals surface area contributed by atoms with E-state index in [0.29, 0.717) is 39.6 Å². The van der Waals surface area contributed by atoms with Crippen LogP contribution in [0.15, 0.2) is 79.0 Å². The predicted molar refractivity (Wildman–Crippen MR) is 121 cm³/mol. The zero-order valence-corrected chi connectivity index (χ0v) is 17.6. The van der Waals surface area contributed by atoms with E-state index in [2.05, 4.69) is 11.4 Å². The van der Waals surface area contributed by atoms with Crippen LogP contribution in [-0.2, 0) is 0 Å². The zero-order chi connectivity index (χ0) is 22.5. The molecule has 0 saturated heterocycles. The maximum Gasteiger partial charge on any atom is 0.259 e. The Morgan fingerprint density at radius 1 is 1.00 bits per heavy atom. The Morgan fingerprint density at radius 2 is 1.81 bits per heavy atom. The molecule has 1 aromatic heterocycles. The lowest BCUT2D eigenvalue weighted by atomic mass is 10.1. The van der Waals surface area contributed by atoms with Crippen molar-refractivity contribution < 1.29 is 14.3 Å². The van der Waals surface area contributed by atoms with Crippen molar-refractivity contribution in [3.05, 3.63) is 90.1 Å². The van der Waals surface area contributed by atoms with E-state index in [1.807, 2.05) is 30.3 Å². The lowest BCUT2D eigenvalue weighted by Gasteiger charge is -2.10. The molecule has 4 aromatic rings. The molecular formula is C25H20N4O3. The first-order valence-corrected chi connectivity index (χ1v) is 9.82. The molecule has 1 N–H and O–H groups in total. The summed E-state index contributed by atoms with van der Waals surface area (Å²) in [5.74, 6) is 0.815. The van der Waals surface area contributed by atoms with Gasteiger partial charge >= 0.3 is 0 Å². The van der Waals surface area contributed by atoms with Crippen LogP contribution in [0.2, 0.25) is 0 Å². The van der Waals surface area contributed by atoms with Gasteiger partial charge in [-0.3, -0.25) is 4.79 Å². The Labute approximate surface area is 185 Å². The van der Waals surface area contributed by atoms with Gasteiger partial charge in [-0.1, -0.05) is 24.3 Å². The number of para-hydroxylation sites is 1. The zero-order valence-electron chi connectivity index (χ0n) is 17.6. The first kappa shape index (κ1) is 20.7. The number of ether oxygens (including phenoxy) is 2. The van der Waals surface area contributed by atoms with Crippen molar-refractivity contribution in [1.29, 1.82) is 5.26 Å². The Bertz CT molecular complexity index is 1310. The summed E-state index contributed by atoms with van der Waals surface area (Å²) in [7, 11) is 3.14. The highest BCUT2D eigenvalue weighted by atomic mass is 16.5. The number of nitrogens with zero attached hydrogens (tertiary/aromatic N) is 3. The van der Waals surface area contributed by atoms with E-state index >= 15 is 0 Å². The predicted octanol–water partition coefficient (Wildman–Crippen LogP) is 4.68. The average Bonchev–Trinajstić information content (AvgIpc) is 3.30. The molecule has 7 heteroatoms. The van der Waals surface area contributed by atoms with E-state index in [0.717, 1.165) is 5.69 Å². The van der Waals surface area contributed by atoms with Crippen LogP contribution in [0.5, 0.6) is 11.5 Å². The molecule has 0 fully saturated rings. The average molecular weight is 424 g/mol. The monoisotopic (exact) mass is 424 g/mol. The second kappa shape index (κ2) is 9.06. The van der Waals surface area contributed by atoms with E-state index in [1.165, 1.54) is 0 Å². The SMILES string of the molecule is COc1ccc(OC)c(-c2nn(-c3ccccc3)cc2C(=O)Nc2cccc(C#N)c2)c1. The van der Waals surface area contributed by atoms with Gasteiger partial charge in [-0.25, -0.2) is 4.68 Å². The number of carbonyl (C=O) groups is 1. The van der Waals surface area contributed by atoms with Gasteiger partial charge in [0.15, 0.2) is 0 Å². The number of anilines is 1. The van der Waals surface area contributed by atoms with E-state index in [-0.39, 0.29) is 5.91 Å². The third kappa shape index (κ3) is 4.16. The van der Waals surface area contributed by atoms with Gasteiger partial charge in [-0.05, 0) is 48.5 Å². The third-order valence-corrected chi connectivity index (χ3v) is 4.89. The highest BCUT2D eigenvalue weighted by Crippen LogP contribution is 2.35. The number of hydrogen-bond acceptors (Lipinski definition) is 5. The highest BCUT2D eigenvalue weighted by Gasteiger charge is 2.22. The van der Waals surface area contributed by atoms with Crippen LogP contribution in [0.4, 0.5) is 5.69 Å². The van der Waals surface area contributed by atoms with Crippen molar-refractivity contribution in [1.82, 2.24) is 9.78 Å². The second-order valence-electron chi connectivity index (χ2n) is 6.88. The number of hydrogen-bond donors (Lipinski definition) is 1. The molecule has 1 amide bonds. The lowest BCUT2D eigenvalue weighted by molar-refractivity contribution is 0.102. The largest absolute Gasteiger partial charge is 0.497 e. The summed E-state index contributed by atoms with van der Waals surface area (Å²) in [6.07, 6.45) is 1.67. The number of carbonyl (C=O) groups excluding carboxylic acids is 1. The van der Waals surface area contributed by atoms with E-state index in [4.69, 9.17) is 19.8 Å². The molecule has 158 valence electrons. The van der Waals surface area contributed by atoms with Gasteiger partial charge in [0.05, 0.1) is 37.1 Å². The number of amides is 1. The lowest BCUT2D eigenvalue weighted by Crippen LogP contribution is -2.12. The minimum atomic E-state index is -0.359. The summed E-state index contributed by atoms with van der Waals surface area (Å²) < 4.78 is 12.5. The van der Waals surface area contributed by atoms with Crippen LogP contribution in [0.3, 0.4) is 0 Å². The fraction of sp³-hybridized carbons (Fsp3) is 0.0800. The Balaban J connectivity index is 1.83. The van der Waals surface area contributed by atoms with E-state index < -0.39 is 0 Å². The van der Waals surface area contributed by atoms with Crippen molar-refractivity contribution in [2.75, 3.05) is 19.5 Å². The van der Waals surface area contributed by atoms with Crippen molar-refractivity contribution in [2.24, 2.45) is 0 Å². The molecule has 0 unspecified atom stereocenters. The second-order valence-corrected chi connectivity index (χ2v) is 6.88. The molecule has 0 aliphatic carbocycles. The smallest absolute Gasteiger partial charge is 0.259 e. The topological polar surface area (TPSA) is 89.2 Å². The first-order valence-electron chi connectivity index (χ1n) is 9.82. The van der Waals surface area contributed by atoms with Crippen molar-refractivity contribution in [3.63, 3.8) is 0 Å². The Hall–Kier alpha value is -4.57. The summed E-state index contributed by atoms with van der Waals surface area (Å²) in [5, 5.41) is 16.7. The summed E-state index contributed by atoms with van der Waals surface area (Å²) in [6, 6.07) is 23.7. The Morgan fingerprint density at radius 3 is 2.53 bits per heavy atom. The van der Waals surface area contributed by atoms with Crippen LogP contribution < -0.4 is 14.8 Å². The minimum absolute atomic E-state index is 0.350. The summed E-state index contributed by atoms with van der Waals surface area (Å²) in [4.78, 5) is 13.3. The van der Waals surface area contributed by atoms with Crippen molar-refractivity contribution in [2.45, 2.75) is 0 Å². The van der Waals surface area contributed by atoms with Crippen molar-refractivity contribution in [3.8, 4) is 34.5 Å². The molecular weight excluding hydrogens is 404 g/mol. The number of benzene rings is 3. The van der Waals surface area contributed by atoms with Crippen LogP contribution in [-0.4, -0.2) is 29.9 Å². The molecule has 3 aromatic carbocycles. The number of rotatable bonds is 6. The fourth-order valence-electron chi connectivity index (χ4n) is 3.32. The van der Waals surface area contributed by atoms with Crippen LogP contribution in [0, 0.1) is 11.3 Å². The molecule has 0 aliphatic rings. The third-order valence-electron chi connectivity index (χ3n) is 4.89. The maximum absolute atomic E-state index is 13.3. The van der Waals surface area contributed by atoms with Gasteiger partial charge < -0.3 is 14.8 Å². The van der Waals surface area contributed by atoms with E-state index in [9.17, 15) is 4.79 Å². The Kier molecular flexibility index (Phi) is 5.86. The molecule has 32 heavy (non-hydrogen) atoms. The van der Waals surface area contributed by atoms with Gasteiger partial charge in [0.2, 0.25) is 0 Å². The number of aromatic nitrogens is 2. The normalized spacial score (nSPS) is 10.3. The maximum atomic E-state index is 13.3. The van der Waals surface area contributed by atoms with Crippen LogP contribution in [0.1, 0.15) is 15.9 Å². The molecule has 4 rings (SSSR count). The molecule has 7 nitrogen and oxygen atoms in total. The van der Waals surface area contributed by atoms with Gasteiger partial charge in [-0.15, -0.1) is 0 Å². The number of nitriles is 1. The molecule has 0 bridgehead atoms. The summed E-state index contributed by atoms with van der Waals surface area (Å²) in [6.45, 7) is 0. The standard InChI is InChI=1S/C25H20N4O3/c1-31-20-11-12-23(32-2)21(14-20)24-22(16-29(28-24)19-9-4-3-5-10-19)25(30)27-18-8-6-7-17(13-18)15-26/h3-14,16H,1-2H3,(H,27,30). The van der Waals surface area contributed by atoms with Gasteiger partial charge in [0.25, 0.3) is 5.91 Å². The number of methoxy groups -OCH3 is 2. The first-order chi connectivity index (χ1) is 15.6. The molecule has 0 atom stereocenters. The molecule has 0 aliphatic heterocycles. The van der Waals surface area contributed by atoms with Gasteiger partial charge in [-0.2, -0.15) is 10.4 Å².